The topological polar surface area (TPSA) is 52.2 Å². The maximum atomic E-state index is 12.2. The Labute approximate surface area is 94.4 Å². The number of fused-ring (bicyclic) bond motifs is 1. The molecule has 3 rings (SSSR count). The van der Waals surface area contributed by atoms with Gasteiger partial charge in [-0.25, -0.2) is 4.98 Å². The van der Waals surface area contributed by atoms with Gasteiger partial charge in [-0.05, 0) is 19.4 Å². The van der Waals surface area contributed by atoms with Gasteiger partial charge in [0.05, 0.1) is 12.5 Å². The van der Waals surface area contributed by atoms with Crippen LogP contribution < -0.4 is 0 Å². The average Bonchev–Trinajstić information content (AvgIpc) is 2.90. The number of H-pyrrole nitrogens is 1. The van der Waals surface area contributed by atoms with Gasteiger partial charge in [-0.3, -0.25) is 4.79 Å². The summed E-state index contributed by atoms with van der Waals surface area (Å²) in [5.74, 6) is 0.761. The van der Waals surface area contributed by atoms with E-state index in [4.69, 9.17) is 0 Å². The largest absolute Gasteiger partial charge is 0.341 e. The van der Waals surface area contributed by atoms with Gasteiger partial charge in [0.15, 0.2) is 0 Å². The fraction of sp³-hybridized carbons (Fsp3) is 0.636. The highest BCUT2D eigenvalue weighted by atomic mass is 16.2. The van der Waals surface area contributed by atoms with E-state index < -0.39 is 0 Å². The zero-order valence-electron chi connectivity index (χ0n) is 9.39. The normalized spacial score (nSPS) is 29.7. The van der Waals surface area contributed by atoms with E-state index >= 15 is 0 Å². The lowest BCUT2D eigenvalue weighted by molar-refractivity contribution is 0.0724. The van der Waals surface area contributed by atoms with Crippen molar-refractivity contribution in [1.82, 2.24) is 19.8 Å². The van der Waals surface area contributed by atoms with E-state index in [1.807, 2.05) is 4.90 Å². The highest BCUT2D eigenvalue weighted by molar-refractivity contribution is 5.92. The van der Waals surface area contributed by atoms with Crippen molar-refractivity contribution < 1.29 is 4.79 Å². The zero-order valence-corrected chi connectivity index (χ0v) is 9.39. The summed E-state index contributed by atoms with van der Waals surface area (Å²) in [6.45, 7) is 3.02. The van der Waals surface area contributed by atoms with Crippen LogP contribution in [0.3, 0.4) is 0 Å². The summed E-state index contributed by atoms with van der Waals surface area (Å²) in [7, 11) is 2.12. The first-order valence-electron chi connectivity index (χ1n) is 5.73. The Hall–Kier alpha value is -1.36. The predicted molar refractivity (Wildman–Crippen MR) is 59.0 cm³/mol. The van der Waals surface area contributed by atoms with Gasteiger partial charge in [0.1, 0.15) is 5.69 Å². The third-order valence-corrected chi connectivity index (χ3v) is 3.72. The number of likely N-dealkylation sites (N-methyl/N-ethyl adjacent to an activating group) is 1. The van der Waals surface area contributed by atoms with Crippen LogP contribution in [0.1, 0.15) is 16.9 Å². The Morgan fingerprint density at radius 3 is 3.19 bits per heavy atom. The molecule has 0 unspecified atom stereocenters. The molecule has 2 saturated heterocycles. The molecule has 2 atom stereocenters. The standard InChI is InChI=1S/C11H16N4O/c1-14-5-8-2-3-15(10(8)6-14)11(16)9-4-12-7-13-9/h4,7-8,10H,2-3,5-6H2,1H3,(H,12,13)/t8-,10+/m0/s1. The zero-order chi connectivity index (χ0) is 11.1. The van der Waals surface area contributed by atoms with Crippen molar-refractivity contribution in [2.45, 2.75) is 12.5 Å². The Kier molecular flexibility index (Phi) is 2.21. The number of carbonyl (C=O) groups excluding carboxylic acids is 1. The van der Waals surface area contributed by atoms with Crippen molar-refractivity contribution in [2.24, 2.45) is 5.92 Å². The van der Waals surface area contributed by atoms with Crippen molar-refractivity contribution in [1.29, 1.82) is 0 Å². The molecule has 0 saturated carbocycles. The minimum atomic E-state index is 0.0975. The van der Waals surface area contributed by atoms with Gasteiger partial charge in [0, 0.05) is 25.7 Å². The number of rotatable bonds is 1. The van der Waals surface area contributed by atoms with Crippen LogP contribution in [0.2, 0.25) is 0 Å². The SMILES string of the molecule is CN1C[C@@H]2CCN(C(=O)c3cnc[nH]3)[C@@H]2C1. The van der Waals surface area contributed by atoms with Gasteiger partial charge in [0.25, 0.3) is 5.91 Å². The molecule has 2 aliphatic rings. The molecule has 0 aliphatic carbocycles. The highest BCUT2D eigenvalue weighted by Crippen LogP contribution is 2.31. The molecular formula is C11H16N4O. The lowest BCUT2D eigenvalue weighted by atomic mass is 10.1. The summed E-state index contributed by atoms with van der Waals surface area (Å²) >= 11 is 0. The van der Waals surface area contributed by atoms with E-state index in [0.29, 0.717) is 17.7 Å². The number of aromatic nitrogens is 2. The number of imidazole rings is 1. The van der Waals surface area contributed by atoms with Crippen molar-refractivity contribution in [3.8, 4) is 0 Å². The van der Waals surface area contributed by atoms with E-state index in [9.17, 15) is 4.79 Å². The molecule has 86 valence electrons. The molecule has 5 heteroatoms. The number of carbonyl (C=O) groups is 1. The fourth-order valence-corrected chi connectivity index (χ4v) is 2.95. The quantitative estimate of drug-likeness (QED) is 0.735. The van der Waals surface area contributed by atoms with E-state index in [1.165, 1.54) is 0 Å². The summed E-state index contributed by atoms with van der Waals surface area (Å²) in [4.78, 5) is 23.3. The molecule has 1 aromatic heterocycles. The summed E-state index contributed by atoms with van der Waals surface area (Å²) in [5.41, 5.74) is 0.607. The molecule has 0 radical (unpaired) electrons. The van der Waals surface area contributed by atoms with E-state index in [2.05, 4.69) is 21.9 Å². The van der Waals surface area contributed by atoms with E-state index in [-0.39, 0.29) is 5.91 Å². The van der Waals surface area contributed by atoms with Gasteiger partial charge in [-0.15, -0.1) is 0 Å². The molecule has 2 aliphatic heterocycles. The molecule has 1 amide bonds. The molecule has 5 nitrogen and oxygen atoms in total. The van der Waals surface area contributed by atoms with Crippen LogP contribution in [0.15, 0.2) is 12.5 Å². The molecule has 1 N–H and O–H groups in total. The Bertz CT molecular complexity index is 389. The predicted octanol–water partition coefficient (Wildman–Crippen LogP) is 0.186. The fourth-order valence-electron chi connectivity index (χ4n) is 2.95. The van der Waals surface area contributed by atoms with E-state index in [1.54, 1.807) is 12.5 Å². The lowest BCUT2D eigenvalue weighted by Gasteiger charge is -2.23. The number of likely N-dealkylation sites (tertiary alicyclic amines) is 2. The maximum absolute atomic E-state index is 12.2. The molecule has 3 heterocycles. The minimum Gasteiger partial charge on any atom is -0.341 e. The van der Waals surface area contributed by atoms with Crippen LogP contribution in [-0.2, 0) is 0 Å². The Morgan fingerprint density at radius 2 is 2.44 bits per heavy atom. The van der Waals surface area contributed by atoms with Crippen molar-refractivity contribution >= 4 is 5.91 Å². The average molecular weight is 220 g/mol. The summed E-state index contributed by atoms with van der Waals surface area (Å²) in [5, 5.41) is 0. The van der Waals surface area contributed by atoms with Crippen LogP contribution in [0.5, 0.6) is 0 Å². The summed E-state index contributed by atoms with van der Waals surface area (Å²) in [6.07, 6.45) is 4.30. The van der Waals surface area contributed by atoms with Crippen LogP contribution >= 0.6 is 0 Å². The van der Waals surface area contributed by atoms with E-state index in [0.717, 1.165) is 26.1 Å². The number of amides is 1. The van der Waals surface area contributed by atoms with Crippen LogP contribution in [0.25, 0.3) is 0 Å². The Balaban J connectivity index is 1.79. The molecule has 0 bridgehead atoms. The molecule has 0 aromatic carbocycles. The first kappa shape index (κ1) is 9.84. The molecule has 16 heavy (non-hydrogen) atoms. The molecular weight excluding hydrogens is 204 g/mol. The number of aromatic amines is 1. The number of nitrogens with one attached hydrogen (secondary N) is 1. The van der Waals surface area contributed by atoms with Crippen molar-refractivity contribution in [3.63, 3.8) is 0 Å². The minimum absolute atomic E-state index is 0.0975. The van der Waals surface area contributed by atoms with Crippen molar-refractivity contribution in [2.75, 3.05) is 26.7 Å². The van der Waals surface area contributed by atoms with Gasteiger partial charge >= 0.3 is 0 Å². The summed E-state index contributed by atoms with van der Waals surface area (Å²) < 4.78 is 0. The smallest absolute Gasteiger partial charge is 0.272 e. The monoisotopic (exact) mass is 220 g/mol. The van der Waals surface area contributed by atoms with Gasteiger partial charge in [0.2, 0.25) is 0 Å². The first-order chi connectivity index (χ1) is 7.75. The van der Waals surface area contributed by atoms with Gasteiger partial charge in [-0.1, -0.05) is 0 Å². The second-order valence-corrected chi connectivity index (χ2v) is 4.80. The highest BCUT2D eigenvalue weighted by Gasteiger charge is 2.42. The van der Waals surface area contributed by atoms with Crippen LogP contribution in [0, 0.1) is 5.92 Å². The molecule has 1 aromatic rings. The number of hydrogen-bond acceptors (Lipinski definition) is 3. The lowest BCUT2D eigenvalue weighted by Crippen LogP contribution is -2.39. The van der Waals surface area contributed by atoms with Crippen molar-refractivity contribution in [3.05, 3.63) is 18.2 Å². The maximum Gasteiger partial charge on any atom is 0.272 e. The van der Waals surface area contributed by atoms with Crippen LogP contribution in [0.4, 0.5) is 0 Å². The third-order valence-electron chi connectivity index (χ3n) is 3.72. The molecule has 2 fully saturated rings. The van der Waals surface area contributed by atoms with Gasteiger partial charge < -0.3 is 14.8 Å². The van der Waals surface area contributed by atoms with Gasteiger partial charge in [-0.2, -0.15) is 0 Å². The first-order valence-corrected chi connectivity index (χ1v) is 5.73. The molecule has 0 spiro atoms. The second-order valence-electron chi connectivity index (χ2n) is 4.80. The van der Waals surface area contributed by atoms with Crippen LogP contribution in [-0.4, -0.2) is 58.4 Å². The third kappa shape index (κ3) is 1.43. The Morgan fingerprint density at radius 1 is 1.56 bits per heavy atom. The summed E-state index contributed by atoms with van der Waals surface area (Å²) in [6, 6.07) is 0.404. The number of hydrogen-bond donors (Lipinski definition) is 1. The second kappa shape index (κ2) is 3.59. The number of nitrogens with zero attached hydrogens (tertiary/aromatic N) is 3.